The minimum atomic E-state index is 0.128. The molecule has 2 N–H and O–H groups in total. The smallest absolute Gasteiger partial charge is 0.253 e. The molecule has 0 bridgehead atoms. The topological polar surface area (TPSA) is 46.3 Å². The predicted molar refractivity (Wildman–Crippen MR) is 78.1 cm³/mol. The monoisotopic (exact) mass is 260 g/mol. The van der Waals surface area contributed by atoms with Crippen LogP contribution in [0.3, 0.4) is 0 Å². The molecule has 0 unspecified atom stereocenters. The Labute approximate surface area is 115 Å². The fourth-order valence-corrected chi connectivity index (χ4v) is 2.74. The van der Waals surface area contributed by atoms with Crippen molar-refractivity contribution >= 4 is 5.91 Å². The highest BCUT2D eigenvalue weighted by Crippen LogP contribution is 2.22. The largest absolute Gasteiger partial charge is 0.339 e. The molecule has 1 aromatic rings. The van der Waals surface area contributed by atoms with Gasteiger partial charge in [-0.2, -0.15) is 0 Å². The molecule has 0 aromatic heterocycles. The fourth-order valence-electron chi connectivity index (χ4n) is 2.74. The summed E-state index contributed by atoms with van der Waals surface area (Å²) in [5, 5.41) is 0. The summed E-state index contributed by atoms with van der Waals surface area (Å²) in [6.45, 7) is 2.12. The molecule has 104 valence electrons. The Morgan fingerprint density at radius 1 is 1.21 bits per heavy atom. The van der Waals surface area contributed by atoms with Crippen LogP contribution < -0.4 is 5.73 Å². The fraction of sp³-hybridized carbons (Fsp3) is 0.562. The lowest BCUT2D eigenvalue weighted by atomic mass is 9.90. The van der Waals surface area contributed by atoms with Gasteiger partial charge in [0, 0.05) is 24.7 Å². The lowest BCUT2D eigenvalue weighted by molar-refractivity contribution is 0.0690. The first-order chi connectivity index (χ1) is 9.11. The summed E-state index contributed by atoms with van der Waals surface area (Å²) in [4.78, 5) is 14.3. The number of hydrogen-bond acceptors (Lipinski definition) is 2. The van der Waals surface area contributed by atoms with Gasteiger partial charge in [0.25, 0.3) is 5.91 Å². The standard InChI is InChI=1S/C16H24N2O/c1-3-12-4-6-13(7-5-12)16(19)18(2)15-10-8-14(17)9-11-15/h4-7,14-15H,3,8-11,17H2,1-2H3. The molecule has 0 atom stereocenters. The van der Waals surface area contributed by atoms with Crippen molar-refractivity contribution in [2.45, 2.75) is 51.1 Å². The van der Waals surface area contributed by atoms with Crippen LogP contribution in [0.15, 0.2) is 24.3 Å². The van der Waals surface area contributed by atoms with Crippen LogP contribution in [0.5, 0.6) is 0 Å². The Balaban J connectivity index is 2.01. The molecule has 0 heterocycles. The molecule has 0 saturated heterocycles. The van der Waals surface area contributed by atoms with E-state index in [1.807, 2.05) is 36.2 Å². The lowest BCUT2D eigenvalue weighted by Gasteiger charge is -2.33. The van der Waals surface area contributed by atoms with E-state index in [2.05, 4.69) is 6.92 Å². The SMILES string of the molecule is CCc1ccc(C(=O)N(C)C2CCC(N)CC2)cc1. The number of amides is 1. The zero-order chi connectivity index (χ0) is 13.8. The molecule has 1 amide bonds. The molecule has 19 heavy (non-hydrogen) atoms. The van der Waals surface area contributed by atoms with Crippen LogP contribution in [-0.2, 0) is 6.42 Å². The number of benzene rings is 1. The maximum Gasteiger partial charge on any atom is 0.253 e. The Morgan fingerprint density at radius 3 is 2.32 bits per heavy atom. The van der Waals surface area contributed by atoms with Crippen LogP contribution in [0.25, 0.3) is 0 Å². The number of carbonyl (C=O) groups is 1. The molecule has 1 aliphatic carbocycles. The summed E-state index contributed by atoms with van der Waals surface area (Å²) in [5.41, 5.74) is 7.97. The molecule has 1 fully saturated rings. The van der Waals surface area contributed by atoms with E-state index in [4.69, 9.17) is 5.73 Å². The molecule has 2 rings (SSSR count). The van der Waals surface area contributed by atoms with Gasteiger partial charge in [0.1, 0.15) is 0 Å². The normalized spacial score (nSPS) is 23.1. The van der Waals surface area contributed by atoms with Gasteiger partial charge in [-0.3, -0.25) is 4.79 Å². The van der Waals surface area contributed by atoms with E-state index >= 15 is 0 Å². The third-order valence-corrected chi connectivity index (χ3v) is 4.22. The van der Waals surface area contributed by atoms with E-state index in [-0.39, 0.29) is 5.91 Å². The lowest BCUT2D eigenvalue weighted by Crippen LogP contribution is -2.41. The van der Waals surface area contributed by atoms with Gasteiger partial charge in [-0.05, 0) is 49.8 Å². The molecule has 0 radical (unpaired) electrons. The quantitative estimate of drug-likeness (QED) is 0.908. The Morgan fingerprint density at radius 2 is 1.79 bits per heavy atom. The first-order valence-corrected chi connectivity index (χ1v) is 7.23. The second-order valence-corrected chi connectivity index (χ2v) is 5.54. The summed E-state index contributed by atoms with van der Waals surface area (Å²) in [6, 6.07) is 8.62. The van der Waals surface area contributed by atoms with Gasteiger partial charge in [-0.25, -0.2) is 0 Å². The van der Waals surface area contributed by atoms with Crippen LogP contribution in [0.1, 0.15) is 48.5 Å². The number of aryl methyl sites for hydroxylation is 1. The molecule has 1 aromatic carbocycles. The highest BCUT2D eigenvalue weighted by molar-refractivity contribution is 5.94. The van der Waals surface area contributed by atoms with Crippen LogP contribution in [0, 0.1) is 0 Å². The summed E-state index contributed by atoms with van der Waals surface area (Å²) in [5.74, 6) is 0.128. The third-order valence-electron chi connectivity index (χ3n) is 4.22. The van der Waals surface area contributed by atoms with Gasteiger partial charge < -0.3 is 10.6 Å². The maximum atomic E-state index is 12.4. The first-order valence-electron chi connectivity index (χ1n) is 7.23. The number of carbonyl (C=O) groups excluding carboxylic acids is 1. The summed E-state index contributed by atoms with van der Waals surface area (Å²) >= 11 is 0. The van der Waals surface area contributed by atoms with Crippen molar-refractivity contribution < 1.29 is 4.79 Å². The molecule has 1 saturated carbocycles. The average molecular weight is 260 g/mol. The zero-order valence-corrected chi connectivity index (χ0v) is 11.9. The van der Waals surface area contributed by atoms with Crippen molar-refractivity contribution in [2.75, 3.05) is 7.05 Å². The second-order valence-electron chi connectivity index (χ2n) is 5.54. The van der Waals surface area contributed by atoms with Gasteiger partial charge in [0.15, 0.2) is 0 Å². The van der Waals surface area contributed by atoms with Gasteiger partial charge in [-0.1, -0.05) is 19.1 Å². The minimum absolute atomic E-state index is 0.128. The van der Waals surface area contributed by atoms with Gasteiger partial charge in [-0.15, -0.1) is 0 Å². The van der Waals surface area contributed by atoms with Gasteiger partial charge in [0.05, 0.1) is 0 Å². The van der Waals surface area contributed by atoms with Gasteiger partial charge in [0.2, 0.25) is 0 Å². The molecular formula is C16H24N2O. The zero-order valence-electron chi connectivity index (χ0n) is 11.9. The molecule has 0 aliphatic heterocycles. The van der Waals surface area contributed by atoms with E-state index < -0.39 is 0 Å². The third kappa shape index (κ3) is 3.35. The second kappa shape index (κ2) is 6.20. The number of nitrogens with two attached hydrogens (primary N) is 1. The number of nitrogens with zero attached hydrogens (tertiary/aromatic N) is 1. The predicted octanol–water partition coefficient (Wildman–Crippen LogP) is 2.59. The maximum absolute atomic E-state index is 12.4. The molecule has 1 aliphatic rings. The van der Waals surface area contributed by atoms with Gasteiger partial charge >= 0.3 is 0 Å². The van der Waals surface area contributed by atoms with Crippen LogP contribution >= 0.6 is 0 Å². The number of hydrogen-bond donors (Lipinski definition) is 1. The van der Waals surface area contributed by atoms with Crippen molar-refractivity contribution in [3.63, 3.8) is 0 Å². The van der Waals surface area contributed by atoms with E-state index in [1.54, 1.807) is 0 Å². The van der Waals surface area contributed by atoms with E-state index in [0.29, 0.717) is 12.1 Å². The minimum Gasteiger partial charge on any atom is -0.339 e. The van der Waals surface area contributed by atoms with E-state index in [0.717, 1.165) is 37.7 Å². The van der Waals surface area contributed by atoms with Crippen molar-refractivity contribution in [1.82, 2.24) is 4.90 Å². The first kappa shape index (κ1) is 14.1. The van der Waals surface area contributed by atoms with Crippen molar-refractivity contribution in [3.8, 4) is 0 Å². The van der Waals surface area contributed by atoms with E-state index in [1.165, 1.54) is 5.56 Å². The van der Waals surface area contributed by atoms with Crippen molar-refractivity contribution in [1.29, 1.82) is 0 Å². The number of rotatable bonds is 3. The van der Waals surface area contributed by atoms with Crippen molar-refractivity contribution in [2.24, 2.45) is 5.73 Å². The van der Waals surface area contributed by atoms with Crippen molar-refractivity contribution in [3.05, 3.63) is 35.4 Å². The summed E-state index contributed by atoms with van der Waals surface area (Å²) < 4.78 is 0. The highest BCUT2D eigenvalue weighted by Gasteiger charge is 2.25. The van der Waals surface area contributed by atoms with Crippen LogP contribution in [-0.4, -0.2) is 29.9 Å². The highest BCUT2D eigenvalue weighted by atomic mass is 16.2. The van der Waals surface area contributed by atoms with Crippen LogP contribution in [0.2, 0.25) is 0 Å². The summed E-state index contributed by atoms with van der Waals surface area (Å²) in [6.07, 6.45) is 5.10. The molecular weight excluding hydrogens is 236 g/mol. The van der Waals surface area contributed by atoms with Crippen LogP contribution in [0.4, 0.5) is 0 Å². The van der Waals surface area contributed by atoms with E-state index in [9.17, 15) is 4.79 Å². The summed E-state index contributed by atoms with van der Waals surface area (Å²) in [7, 11) is 1.91. The molecule has 0 spiro atoms. The Hall–Kier alpha value is -1.35. The average Bonchev–Trinajstić information content (AvgIpc) is 2.46. The molecule has 3 nitrogen and oxygen atoms in total. The molecule has 3 heteroatoms. The Kier molecular flexibility index (Phi) is 4.59. The Bertz CT molecular complexity index is 419.